The van der Waals surface area contributed by atoms with Crippen LogP contribution in [0.3, 0.4) is 0 Å². The van der Waals surface area contributed by atoms with Crippen LogP contribution in [0.15, 0.2) is 45.2 Å². The van der Waals surface area contributed by atoms with Crippen molar-refractivity contribution in [2.45, 2.75) is 16.8 Å². The largest absolute Gasteiger partial charge is 0.268 e. The summed E-state index contributed by atoms with van der Waals surface area (Å²) in [6, 6.07) is 5.64. The molecule has 0 aliphatic carbocycles. The molecular formula is C11H11N3O3S. The zero-order valence-electron chi connectivity index (χ0n) is 9.86. The molecule has 2 aromatic rings. The van der Waals surface area contributed by atoms with E-state index in [4.69, 9.17) is 0 Å². The lowest BCUT2D eigenvalue weighted by atomic mass is 10.4. The molecule has 6 nitrogen and oxygen atoms in total. The normalized spacial score (nSPS) is 11.4. The van der Waals surface area contributed by atoms with Gasteiger partial charge in [-0.15, -0.1) is 0 Å². The SMILES string of the molecule is Cc1nn(C)c(=O)cc1S(=O)(=O)c1ccccn1. The molecule has 94 valence electrons. The van der Waals surface area contributed by atoms with Gasteiger partial charge in [-0.2, -0.15) is 5.10 Å². The second-order valence-corrected chi connectivity index (χ2v) is 5.59. The molecule has 0 unspecified atom stereocenters. The van der Waals surface area contributed by atoms with Crippen molar-refractivity contribution in [2.24, 2.45) is 7.05 Å². The van der Waals surface area contributed by atoms with Gasteiger partial charge in [-0.05, 0) is 19.1 Å². The minimum absolute atomic E-state index is 0.0943. The first kappa shape index (κ1) is 12.4. The molecule has 7 heteroatoms. The fourth-order valence-electron chi connectivity index (χ4n) is 1.52. The molecule has 0 bridgehead atoms. The van der Waals surface area contributed by atoms with Crippen molar-refractivity contribution in [1.82, 2.24) is 14.8 Å². The lowest BCUT2D eigenvalue weighted by molar-refractivity contribution is 0.586. The van der Waals surface area contributed by atoms with E-state index in [2.05, 4.69) is 10.1 Å². The quantitative estimate of drug-likeness (QED) is 0.780. The van der Waals surface area contributed by atoms with E-state index in [-0.39, 0.29) is 15.6 Å². The zero-order chi connectivity index (χ0) is 13.3. The van der Waals surface area contributed by atoms with E-state index < -0.39 is 15.4 Å². The van der Waals surface area contributed by atoms with Gasteiger partial charge < -0.3 is 0 Å². The maximum atomic E-state index is 12.3. The Balaban J connectivity index is 2.70. The Kier molecular flexibility index (Phi) is 3.00. The summed E-state index contributed by atoms with van der Waals surface area (Å²) >= 11 is 0. The van der Waals surface area contributed by atoms with Crippen LogP contribution < -0.4 is 5.56 Å². The van der Waals surface area contributed by atoms with Gasteiger partial charge in [0.15, 0.2) is 5.03 Å². The van der Waals surface area contributed by atoms with Crippen LogP contribution in [0.25, 0.3) is 0 Å². The molecule has 0 aliphatic heterocycles. The molecule has 0 spiro atoms. The Hall–Kier alpha value is -2.02. The van der Waals surface area contributed by atoms with Gasteiger partial charge in [0.2, 0.25) is 9.84 Å². The molecule has 2 aromatic heterocycles. The fourth-order valence-corrected chi connectivity index (χ4v) is 2.89. The highest BCUT2D eigenvalue weighted by Crippen LogP contribution is 2.18. The molecule has 0 atom stereocenters. The Morgan fingerprint density at radius 2 is 2.00 bits per heavy atom. The highest BCUT2D eigenvalue weighted by atomic mass is 32.2. The molecule has 2 heterocycles. The van der Waals surface area contributed by atoms with E-state index >= 15 is 0 Å². The van der Waals surface area contributed by atoms with E-state index in [1.807, 2.05) is 0 Å². The Labute approximate surface area is 104 Å². The van der Waals surface area contributed by atoms with Crippen LogP contribution in [0, 0.1) is 6.92 Å². The molecule has 0 saturated carbocycles. The number of aromatic nitrogens is 3. The van der Waals surface area contributed by atoms with Crippen molar-refractivity contribution in [1.29, 1.82) is 0 Å². The standard InChI is InChI=1S/C11H11N3O3S/c1-8-9(7-11(15)14(2)13-8)18(16,17)10-5-3-4-6-12-10/h3-7H,1-2H3. The molecule has 0 amide bonds. The van der Waals surface area contributed by atoms with Gasteiger partial charge >= 0.3 is 0 Å². The summed E-state index contributed by atoms with van der Waals surface area (Å²) < 4.78 is 25.6. The molecule has 0 aromatic carbocycles. The van der Waals surface area contributed by atoms with Crippen LogP contribution in [-0.4, -0.2) is 23.2 Å². The number of rotatable bonds is 2. The monoisotopic (exact) mass is 265 g/mol. The highest BCUT2D eigenvalue weighted by Gasteiger charge is 2.22. The molecule has 2 rings (SSSR count). The summed E-state index contributed by atoms with van der Waals surface area (Å²) in [5.74, 6) is 0. The molecule has 18 heavy (non-hydrogen) atoms. The van der Waals surface area contributed by atoms with Crippen LogP contribution >= 0.6 is 0 Å². The summed E-state index contributed by atoms with van der Waals surface area (Å²) in [5.41, 5.74) is -0.210. The van der Waals surface area contributed by atoms with Crippen molar-refractivity contribution >= 4 is 9.84 Å². The van der Waals surface area contributed by atoms with Crippen LogP contribution in [-0.2, 0) is 16.9 Å². The summed E-state index contributed by atoms with van der Waals surface area (Å²) in [6.45, 7) is 1.54. The molecule has 0 saturated heterocycles. The molecule has 0 aliphatic rings. The van der Waals surface area contributed by atoms with Crippen LogP contribution in [0.4, 0.5) is 0 Å². The topological polar surface area (TPSA) is 81.9 Å². The van der Waals surface area contributed by atoms with Crippen molar-refractivity contribution in [3.8, 4) is 0 Å². The van der Waals surface area contributed by atoms with Crippen molar-refractivity contribution in [3.05, 3.63) is 46.5 Å². The summed E-state index contributed by atoms with van der Waals surface area (Å²) in [4.78, 5) is 15.2. The van der Waals surface area contributed by atoms with E-state index in [9.17, 15) is 13.2 Å². The zero-order valence-corrected chi connectivity index (χ0v) is 10.7. The maximum Gasteiger partial charge on any atom is 0.267 e. The first-order valence-corrected chi connectivity index (χ1v) is 6.62. The van der Waals surface area contributed by atoms with E-state index in [0.29, 0.717) is 0 Å². The third kappa shape index (κ3) is 2.04. The van der Waals surface area contributed by atoms with Crippen molar-refractivity contribution in [3.63, 3.8) is 0 Å². The van der Waals surface area contributed by atoms with Crippen molar-refractivity contribution in [2.75, 3.05) is 0 Å². The third-order valence-electron chi connectivity index (χ3n) is 2.43. The number of sulfone groups is 1. The van der Waals surface area contributed by atoms with Gasteiger partial charge in [0.25, 0.3) is 5.56 Å². The fraction of sp³-hybridized carbons (Fsp3) is 0.182. The smallest absolute Gasteiger partial charge is 0.267 e. The Morgan fingerprint density at radius 1 is 1.28 bits per heavy atom. The van der Waals surface area contributed by atoms with Gasteiger partial charge in [0, 0.05) is 19.3 Å². The minimum Gasteiger partial charge on any atom is -0.268 e. The lowest BCUT2D eigenvalue weighted by Crippen LogP contribution is -2.22. The number of hydrogen-bond acceptors (Lipinski definition) is 5. The maximum absolute atomic E-state index is 12.3. The first-order valence-electron chi connectivity index (χ1n) is 5.14. The second-order valence-electron chi connectivity index (χ2n) is 3.73. The van der Waals surface area contributed by atoms with Gasteiger partial charge in [0.05, 0.1) is 5.69 Å². The predicted molar refractivity (Wildman–Crippen MR) is 63.9 cm³/mol. The molecular weight excluding hydrogens is 254 g/mol. The molecule has 0 radical (unpaired) electrons. The Bertz CT molecular complexity index is 736. The van der Waals surface area contributed by atoms with Gasteiger partial charge in [-0.3, -0.25) is 4.79 Å². The van der Waals surface area contributed by atoms with Gasteiger partial charge in [-0.1, -0.05) is 6.07 Å². The molecule has 0 N–H and O–H groups in total. The average molecular weight is 265 g/mol. The summed E-state index contributed by atoms with van der Waals surface area (Å²) in [5, 5.41) is 3.77. The summed E-state index contributed by atoms with van der Waals surface area (Å²) in [7, 11) is -2.33. The average Bonchev–Trinajstić information content (AvgIpc) is 2.34. The second kappa shape index (κ2) is 4.34. The number of nitrogens with zero attached hydrogens (tertiary/aromatic N) is 3. The Morgan fingerprint density at radius 3 is 2.61 bits per heavy atom. The van der Waals surface area contributed by atoms with Crippen molar-refractivity contribution < 1.29 is 8.42 Å². The van der Waals surface area contributed by atoms with Crippen LogP contribution in [0.2, 0.25) is 0 Å². The van der Waals surface area contributed by atoms with Crippen LogP contribution in [0.1, 0.15) is 5.69 Å². The van der Waals surface area contributed by atoms with E-state index in [0.717, 1.165) is 10.7 Å². The highest BCUT2D eigenvalue weighted by molar-refractivity contribution is 7.91. The third-order valence-corrected chi connectivity index (χ3v) is 4.22. The molecule has 0 fully saturated rings. The van der Waals surface area contributed by atoms with Gasteiger partial charge in [0.1, 0.15) is 4.90 Å². The number of hydrogen-bond donors (Lipinski definition) is 0. The van der Waals surface area contributed by atoms with E-state index in [1.165, 1.54) is 26.2 Å². The number of aryl methyl sites for hydroxylation is 2. The number of pyridine rings is 1. The first-order chi connectivity index (χ1) is 8.43. The van der Waals surface area contributed by atoms with E-state index in [1.54, 1.807) is 12.1 Å². The van der Waals surface area contributed by atoms with Crippen LogP contribution in [0.5, 0.6) is 0 Å². The lowest BCUT2D eigenvalue weighted by Gasteiger charge is -2.06. The van der Waals surface area contributed by atoms with Gasteiger partial charge in [-0.25, -0.2) is 18.1 Å². The minimum atomic E-state index is -3.80. The predicted octanol–water partition coefficient (Wildman–Crippen LogP) is 0.317. The summed E-state index contributed by atoms with van der Waals surface area (Å²) in [6.07, 6.45) is 1.39.